The minimum absolute atomic E-state index is 0.207. The minimum atomic E-state index is 0.207. The molecule has 0 aliphatic heterocycles. The molecule has 4 nitrogen and oxygen atoms in total. The van der Waals surface area contributed by atoms with Crippen molar-refractivity contribution >= 4 is 22.3 Å². The smallest absolute Gasteiger partial charge is 0.0743 e. The molecule has 0 amide bonds. The lowest BCUT2D eigenvalue weighted by molar-refractivity contribution is 0.141. The van der Waals surface area contributed by atoms with E-state index in [4.69, 9.17) is 10.5 Å². The molecule has 1 aromatic carbocycles. The Balaban J connectivity index is 2.28. The molecule has 0 aliphatic carbocycles. The van der Waals surface area contributed by atoms with Gasteiger partial charge in [0, 0.05) is 18.0 Å². The highest BCUT2D eigenvalue weighted by atomic mass is 16.5. The molecule has 0 spiro atoms. The molecule has 0 fully saturated rings. The summed E-state index contributed by atoms with van der Waals surface area (Å²) in [4.78, 5) is 4.31. The monoisotopic (exact) mass is 245 g/mol. The average molecular weight is 245 g/mol. The van der Waals surface area contributed by atoms with Gasteiger partial charge in [0.1, 0.15) is 0 Å². The van der Waals surface area contributed by atoms with Crippen LogP contribution in [0.2, 0.25) is 0 Å². The van der Waals surface area contributed by atoms with Crippen LogP contribution in [0.1, 0.15) is 13.8 Å². The summed E-state index contributed by atoms with van der Waals surface area (Å²) in [6, 6.07) is 8.17. The average Bonchev–Trinajstić information content (AvgIpc) is 2.40. The number of nitrogens with one attached hydrogen (secondary N) is 1. The number of fused-ring (bicyclic) bond motifs is 1. The highest BCUT2D eigenvalue weighted by Crippen LogP contribution is 2.28. The summed E-state index contributed by atoms with van der Waals surface area (Å²) in [5.74, 6) is 0. The zero-order chi connectivity index (χ0) is 13.0. The van der Waals surface area contributed by atoms with Crippen molar-refractivity contribution < 1.29 is 4.74 Å². The Kier molecular flexibility index (Phi) is 3.99. The maximum atomic E-state index is 6.00. The van der Waals surface area contributed by atoms with Gasteiger partial charge < -0.3 is 15.8 Å². The van der Waals surface area contributed by atoms with Crippen LogP contribution in [0.25, 0.3) is 10.9 Å². The third kappa shape index (κ3) is 2.71. The summed E-state index contributed by atoms with van der Waals surface area (Å²) in [7, 11) is 0. The zero-order valence-corrected chi connectivity index (χ0v) is 10.8. The lowest BCUT2D eigenvalue weighted by Crippen LogP contribution is -2.22. The Bertz CT molecular complexity index is 527. The topological polar surface area (TPSA) is 60.2 Å². The lowest BCUT2D eigenvalue weighted by Gasteiger charge is -2.18. The van der Waals surface area contributed by atoms with E-state index in [1.165, 1.54) is 0 Å². The van der Waals surface area contributed by atoms with E-state index in [-0.39, 0.29) is 6.04 Å². The highest BCUT2D eigenvalue weighted by molar-refractivity contribution is 5.96. The fourth-order valence-corrected chi connectivity index (χ4v) is 1.90. The molecule has 4 heteroatoms. The maximum absolute atomic E-state index is 6.00. The number of nitrogens with two attached hydrogens (primary N) is 1. The van der Waals surface area contributed by atoms with Gasteiger partial charge in [-0.15, -0.1) is 0 Å². The van der Waals surface area contributed by atoms with Crippen molar-refractivity contribution in [3.8, 4) is 0 Å². The van der Waals surface area contributed by atoms with Crippen LogP contribution in [0.5, 0.6) is 0 Å². The van der Waals surface area contributed by atoms with Crippen molar-refractivity contribution in [2.24, 2.45) is 0 Å². The maximum Gasteiger partial charge on any atom is 0.0743 e. The van der Waals surface area contributed by atoms with E-state index in [1.54, 1.807) is 6.20 Å². The van der Waals surface area contributed by atoms with E-state index in [0.29, 0.717) is 12.3 Å². The third-order valence-electron chi connectivity index (χ3n) is 2.77. The SMILES string of the molecule is CCOCC(C)Nc1c(N)cnc2ccccc12. The lowest BCUT2D eigenvalue weighted by atomic mass is 10.1. The largest absolute Gasteiger partial charge is 0.396 e. The number of nitrogen functional groups attached to an aromatic ring is 1. The van der Waals surface area contributed by atoms with Crippen molar-refractivity contribution in [1.82, 2.24) is 4.98 Å². The van der Waals surface area contributed by atoms with Gasteiger partial charge in [0.2, 0.25) is 0 Å². The molecule has 2 rings (SSSR count). The van der Waals surface area contributed by atoms with Gasteiger partial charge in [0.15, 0.2) is 0 Å². The molecule has 2 aromatic rings. The molecule has 0 bridgehead atoms. The van der Waals surface area contributed by atoms with Crippen molar-refractivity contribution in [2.75, 3.05) is 24.3 Å². The fourth-order valence-electron chi connectivity index (χ4n) is 1.90. The van der Waals surface area contributed by atoms with Gasteiger partial charge in [0.25, 0.3) is 0 Å². The second-order valence-electron chi connectivity index (χ2n) is 4.31. The molecule has 1 unspecified atom stereocenters. The number of para-hydroxylation sites is 1. The van der Waals surface area contributed by atoms with E-state index >= 15 is 0 Å². The Morgan fingerprint density at radius 1 is 1.39 bits per heavy atom. The summed E-state index contributed by atoms with van der Waals surface area (Å²) in [5, 5.41) is 4.44. The molecule has 1 atom stereocenters. The van der Waals surface area contributed by atoms with Crippen LogP contribution in [0, 0.1) is 0 Å². The number of nitrogens with zero attached hydrogens (tertiary/aromatic N) is 1. The van der Waals surface area contributed by atoms with E-state index in [2.05, 4.69) is 17.2 Å². The van der Waals surface area contributed by atoms with Crippen molar-refractivity contribution in [2.45, 2.75) is 19.9 Å². The van der Waals surface area contributed by atoms with Gasteiger partial charge in [0.05, 0.1) is 29.7 Å². The van der Waals surface area contributed by atoms with Gasteiger partial charge in [-0.05, 0) is 19.9 Å². The van der Waals surface area contributed by atoms with Crippen LogP contribution in [-0.4, -0.2) is 24.2 Å². The number of pyridine rings is 1. The minimum Gasteiger partial charge on any atom is -0.396 e. The molecule has 0 saturated carbocycles. The molecule has 96 valence electrons. The van der Waals surface area contributed by atoms with E-state index in [9.17, 15) is 0 Å². The van der Waals surface area contributed by atoms with Gasteiger partial charge in [-0.2, -0.15) is 0 Å². The number of aromatic nitrogens is 1. The van der Waals surface area contributed by atoms with Crippen LogP contribution in [0.4, 0.5) is 11.4 Å². The number of rotatable bonds is 5. The molecule has 0 radical (unpaired) electrons. The highest BCUT2D eigenvalue weighted by Gasteiger charge is 2.09. The first-order valence-electron chi connectivity index (χ1n) is 6.20. The molecule has 1 aromatic heterocycles. The molecule has 0 saturated heterocycles. The van der Waals surface area contributed by atoms with Crippen LogP contribution < -0.4 is 11.1 Å². The predicted octanol–water partition coefficient (Wildman–Crippen LogP) is 2.65. The van der Waals surface area contributed by atoms with Crippen molar-refractivity contribution in [1.29, 1.82) is 0 Å². The fraction of sp³-hybridized carbons (Fsp3) is 0.357. The number of ether oxygens (including phenoxy) is 1. The standard InChI is InChI=1S/C14H19N3O/c1-3-18-9-10(2)17-14-11-6-4-5-7-13(11)16-8-12(14)15/h4-8,10H,3,9,15H2,1-2H3,(H,16,17). The second-order valence-corrected chi connectivity index (χ2v) is 4.31. The Labute approximate surface area is 107 Å². The second kappa shape index (κ2) is 5.69. The van der Waals surface area contributed by atoms with Crippen molar-refractivity contribution in [3.05, 3.63) is 30.5 Å². The quantitative estimate of drug-likeness (QED) is 0.850. The van der Waals surface area contributed by atoms with Crippen LogP contribution in [-0.2, 0) is 4.74 Å². The summed E-state index contributed by atoms with van der Waals surface area (Å²) in [6.45, 7) is 5.44. The van der Waals surface area contributed by atoms with Gasteiger partial charge in [-0.1, -0.05) is 18.2 Å². The summed E-state index contributed by atoms with van der Waals surface area (Å²) in [5.41, 5.74) is 8.54. The van der Waals surface area contributed by atoms with E-state index < -0.39 is 0 Å². The number of hydrogen-bond acceptors (Lipinski definition) is 4. The molecule has 3 N–H and O–H groups in total. The number of benzene rings is 1. The van der Waals surface area contributed by atoms with Crippen molar-refractivity contribution in [3.63, 3.8) is 0 Å². The molecule has 0 aliphatic rings. The third-order valence-corrected chi connectivity index (χ3v) is 2.77. The first-order valence-corrected chi connectivity index (χ1v) is 6.20. The molecular formula is C14H19N3O. The normalized spacial score (nSPS) is 12.6. The van der Waals surface area contributed by atoms with Crippen LogP contribution in [0.15, 0.2) is 30.5 Å². The van der Waals surface area contributed by atoms with E-state index in [1.807, 2.05) is 31.2 Å². The Hall–Kier alpha value is -1.81. The number of anilines is 2. The van der Waals surface area contributed by atoms with Gasteiger partial charge in [-0.3, -0.25) is 4.98 Å². The Morgan fingerprint density at radius 2 is 2.17 bits per heavy atom. The van der Waals surface area contributed by atoms with E-state index in [0.717, 1.165) is 23.2 Å². The first kappa shape index (κ1) is 12.6. The molecule has 1 heterocycles. The first-order chi connectivity index (χ1) is 8.72. The number of hydrogen-bond donors (Lipinski definition) is 2. The summed E-state index contributed by atoms with van der Waals surface area (Å²) >= 11 is 0. The Morgan fingerprint density at radius 3 is 2.94 bits per heavy atom. The summed E-state index contributed by atoms with van der Waals surface area (Å²) in [6.07, 6.45) is 1.69. The van der Waals surface area contributed by atoms with Crippen LogP contribution in [0.3, 0.4) is 0 Å². The molecular weight excluding hydrogens is 226 g/mol. The van der Waals surface area contributed by atoms with Gasteiger partial charge >= 0.3 is 0 Å². The summed E-state index contributed by atoms with van der Waals surface area (Å²) < 4.78 is 5.40. The molecule has 18 heavy (non-hydrogen) atoms. The predicted molar refractivity (Wildman–Crippen MR) is 75.7 cm³/mol. The zero-order valence-electron chi connectivity index (χ0n) is 10.8. The van der Waals surface area contributed by atoms with Crippen LogP contribution >= 0.6 is 0 Å². The van der Waals surface area contributed by atoms with Gasteiger partial charge in [-0.25, -0.2) is 0 Å².